The molecule has 2 amide bonds. The molecule has 0 aromatic heterocycles. The van der Waals surface area contributed by atoms with Gasteiger partial charge in [-0.2, -0.15) is 0 Å². The number of rotatable bonds is 5. The van der Waals surface area contributed by atoms with Crippen molar-refractivity contribution in [2.24, 2.45) is 5.41 Å². The molecule has 154 valence electrons. The Labute approximate surface area is 180 Å². The van der Waals surface area contributed by atoms with Gasteiger partial charge in [0.05, 0.1) is 10.4 Å². The van der Waals surface area contributed by atoms with Crippen LogP contribution in [0.1, 0.15) is 50.3 Å². The molecule has 1 aliphatic heterocycles. The first-order chi connectivity index (χ1) is 13.7. The number of aryl methyl sites for hydroxylation is 1. The van der Waals surface area contributed by atoms with Crippen LogP contribution in [-0.2, 0) is 4.74 Å². The van der Waals surface area contributed by atoms with Gasteiger partial charge in [0.25, 0.3) is 0 Å². The van der Waals surface area contributed by atoms with Crippen molar-refractivity contribution in [3.63, 3.8) is 0 Å². The standard InChI is InChI=1S/C22H24Cl2N2O3/c1-4-9-22(3)12-19(27)29-20(22)16-11-15(6-7-17(16)24)25-21(28)26-18-8-5-14(23)10-13(18)2/h5-8,10-11,20H,4,9,12H2,1-3H3,(H2,25,26,28)/p+1. The fourth-order valence-electron chi connectivity index (χ4n) is 3.86. The maximum Gasteiger partial charge on any atom is 0.484 e. The minimum Gasteiger partial charge on any atom is -0.339 e. The van der Waals surface area contributed by atoms with Crippen molar-refractivity contribution in [2.75, 3.05) is 10.6 Å². The second-order valence-corrected chi connectivity index (χ2v) is 8.59. The number of hydrogen-bond acceptors (Lipinski definition) is 2. The molecule has 0 bridgehead atoms. The molecular formula is C22H25Cl2N2O3+. The highest BCUT2D eigenvalue weighted by molar-refractivity contribution is 6.31. The van der Waals surface area contributed by atoms with Crippen LogP contribution in [-0.4, -0.2) is 16.8 Å². The number of carbonyl (C=O) groups is 1. The van der Waals surface area contributed by atoms with Crippen molar-refractivity contribution in [2.45, 2.75) is 46.1 Å². The van der Waals surface area contributed by atoms with Crippen molar-refractivity contribution in [3.05, 3.63) is 57.6 Å². The van der Waals surface area contributed by atoms with E-state index >= 15 is 0 Å². The van der Waals surface area contributed by atoms with Crippen molar-refractivity contribution < 1.29 is 14.3 Å². The Hall–Kier alpha value is -2.24. The van der Waals surface area contributed by atoms with Crippen LogP contribution in [0.4, 0.5) is 16.2 Å². The maximum absolute atomic E-state index is 12.5. The van der Waals surface area contributed by atoms with Crippen LogP contribution in [0.15, 0.2) is 36.4 Å². The third-order valence-corrected chi connectivity index (χ3v) is 5.82. The smallest absolute Gasteiger partial charge is 0.339 e. The first kappa shape index (κ1) is 21.5. The lowest BCUT2D eigenvalue weighted by molar-refractivity contribution is 0.0940. The highest BCUT2D eigenvalue weighted by Gasteiger charge is 2.52. The number of carbonyl (C=O) groups excluding carboxylic acids is 2. The van der Waals surface area contributed by atoms with E-state index in [0.717, 1.165) is 24.0 Å². The molecular weight excluding hydrogens is 411 g/mol. The quantitative estimate of drug-likeness (QED) is 0.404. The van der Waals surface area contributed by atoms with Crippen LogP contribution in [0.3, 0.4) is 0 Å². The van der Waals surface area contributed by atoms with E-state index in [9.17, 15) is 9.59 Å². The minimum absolute atomic E-state index is 0.0244. The zero-order chi connectivity index (χ0) is 21.2. The maximum atomic E-state index is 12.5. The monoisotopic (exact) mass is 435 g/mol. The summed E-state index contributed by atoms with van der Waals surface area (Å²) in [5.74, 6) is 0.0244. The van der Waals surface area contributed by atoms with Crippen LogP contribution in [0.2, 0.25) is 10.0 Å². The molecule has 0 aliphatic carbocycles. The second-order valence-electron chi connectivity index (χ2n) is 7.75. The molecule has 2 aromatic rings. The molecule has 7 heteroatoms. The first-order valence-electron chi connectivity index (χ1n) is 9.57. The molecule has 2 aromatic carbocycles. The van der Waals surface area contributed by atoms with Crippen molar-refractivity contribution in [1.29, 1.82) is 0 Å². The Balaban J connectivity index is 1.80. The number of cyclic esters (lactones) is 1. The summed E-state index contributed by atoms with van der Waals surface area (Å²) in [4.78, 5) is 22.5. The molecule has 2 unspecified atom stereocenters. The third-order valence-electron chi connectivity index (χ3n) is 5.24. The van der Waals surface area contributed by atoms with Gasteiger partial charge in [-0.15, -0.1) is 0 Å². The van der Waals surface area contributed by atoms with Gasteiger partial charge in [0, 0.05) is 22.0 Å². The zero-order valence-electron chi connectivity index (χ0n) is 16.7. The summed E-state index contributed by atoms with van der Waals surface area (Å²) < 4.78 is 5.73. The Kier molecular flexibility index (Phi) is 6.39. The topological polar surface area (TPSA) is 71.8 Å². The predicted octanol–water partition coefficient (Wildman–Crippen LogP) is 6.72. The molecule has 0 saturated carbocycles. The fraction of sp³-hybridized carbons (Fsp3) is 0.364. The summed E-state index contributed by atoms with van der Waals surface area (Å²) in [6.45, 7) is 6.05. The van der Waals surface area contributed by atoms with E-state index < -0.39 is 0 Å². The van der Waals surface area contributed by atoms with E-state index in [1.165, 1.54) is 0 Å². The Morgan fingerprint density at radius 1 is 1.24 bits per heavy atom. The van der Waals surface area contributed by atoms with E-state index in [1.807, 2.05) is 6.92 Å². The zero-order valence-corrected chi connectivity index (χ0v) is 18.2. The molecule has 29 heavy (non-hydrogen) atoms. The van der Waals surface area contributed by atoms with E-state index in [0.29, 0.717) is 27.8 Å². The molecule has 0 spiro atoms. The molecule has 1 aliphatic rings. The first-order valence-corrected chi connectivity index (χ1v) is 10.3. The summed E-state index contributed by atoms with van der Waals surface area (Å²) in [6.07, 6.45) is 1.93. The third kappa shape index (κ3) is 4.85. The van der Waals surface area contributed by atoms with Gasteiger partial charge in [-0.1, -0.05) is 43.5 Å². The van der Waals surface area contributed by atoms with Gasteiger partial charge >= 0.3 is 12.0 Å². The van der Waals surface area contributed by atoms with Crippen LogP contribution in [0.5, 0.6) is 0 Å². The van der Waals surface area contributed by atoms with Crippen molar-refractivity contribution >= 4 is 46.6 Å². The number of ether oxygens (including phenoxy) is 1. The van der Waals surface area contributed by atoms with E-state index in [1.54, 1.807) is 36.4 Å². The van der Waals surface area contributed by atoms with Gasteiger partial charge < -0.3 is 20.2 Å². The number of halogens is 2. The average Bonchev–Trinajstić information content (AvgIpc) is 2.93. The summed E-state index contributed by atoms with van der Waals surface area (Å²) in [6, 6.07) is 10.1. The lowest BCUT2D eigenvalue weighted by atomic mass is 9.76. The number of benzene rings is 2. The van der Waals surface area contributed by atoms with Gasteiger partial charge in [-0.05, 0) is 55.3 Å². The summed E-state index contributed by atoms with van der Waals surface area (Å²) >= 11 is 12.4. The SMILES string of the molecule is CCCC1(C)CC(=[OH+])OC1c1cc(NC(=O)Nc2ccc(Cl)cc2C)ccc1Cl. The number of nitrogens with one attached hydrogen (secondary N) is 2. The van der Waals surface area contributed by atoms with Gasteiger partial charge in [-0.25, -0.2) is 4.79 Å². The van der Waals surface area contributed by atoms with E-state index in [-0.39, 0.29) is 23.5 Å². The van der Waals surface area contributed by atoms with Crippen LogP contribution < -0.4 is 10.6 Å². The highest BCUT2D eigenvalue weighted by Crippen LogP contribution is 2.50. The molecule has 1 fully saturated rings. The van der Waals surface area contributed by atoms with Crippen LogP contribution in [0.25, 0.3) is 0 Å². The van der Waals surface area contributed by atoms with E-state index in [2.05, 4.69) is 24.5 Å². The van der Waals surface area contributed by atoms with Gasteiger partial charge in [0.15, 0.2) is 0 Å². The van der Waals surface area contributed by atoms with Gasteiger partial charge in [-0.3, -0.25) is 0 Å². The molecule has 0 radical (unpaired) electrons. The number of hydrogen-bond donors (Lipinski definition) is 2. The van der Waals surface area contributed by atoms with Crippen molar-refractivity contribution in [1.82, 2.24) is 0 Å². The fourth-order valence-corrected chi connectivity index (χ4v) is 4.31. The average molecular weight is 436 g/mol. The Morgan fingerprint density at radius 3 is 2.69 bits per heavy atom. The summed E-state index contributed by atoms with van der Waals surface area (Å²) in [5, 5.41) is 6.79. The largest absolute Gasteiger partial charge is 0.484 e. The molecule has 1 heterocycles. The molecule has 1 saturated heterocycles. The van der Waals surface area contributed by atoms with Gasteiger partial charge in [0.2, 0.25) is 6.10 Å². The van der Waals surface area contributed by atoms with E-state index in [4.69, 9.17) is 27.9 Å². The predicted molar refractivity (Wildman–Crippen MR) is 119 cm³/mol. The van der Waals surface area contributed by atoms with Crippen molar-refractivity contribution in [3.8, 4) is 0 Å². The summed E-state index contributed by atoms with van der Waals surface area (Å²) in [7, 11) is 0. The molecule has 2 atom stereocenters. The molecule has 3 rings (SSSR count). The molecule has 5 nitrogen and oxygen atoms in total. The minimum atomic E-state index is -0.377. The lowest BCUT2D eigenvalue weighted by Crippen LogP contribution is -2.22. The number of amides is 2. The number of urea groups is 1. The van der Waals surface area contributed by atoms with Crippen LogP contribution >= 0.6 is 23.2 Å². The summed E-state index contributed by atoms with van der Waals surface area (Å²) in [5.41, 5.74) is 2.61. The Morgan fingerprint density at radius 2 is 2.00 bits per heavy atom. The van der Waals surface area contributed by atoms with Gasteiger partial charge in [0.1, 0.15) is 6.42 Å². The normalized spacial score (nSPS) is 21.0. The number of anilines is 2. The lowest BCUT2D eigenvalue weighted by Gasteiger charge is -2.25. The Bertz CT molecular complexity index is 948. The highest BCUT2D eigenvalue weighted by atomic mass is 35.5. The van der Waals surface area contributed by atoms with Crippen LogP contribution in [0, 0.1) is 12.3 Å². The molecule has 3 N–H and O–H groups in total. The second kappa shape index (κ2) is 8.64. The number of esters is 1.